The summed E-state index contributed by atoms with van der Waals surface area (Å²) in [6, 6.07) is 19.0. The number of carbonyl (C=O) groups is 1. The van der Waals surface area contributed by atoms with Gasteiger partial charge >= 0.3 is 6.09 Å². The molecule has 6 nitrogen and oxygen atoms in total. The highest BCUT2D eigenvalue weighted by atomic mass is 16.6. The molecule has 2 aromatic carbocycles. The van der Waals surface area contributed by atoms with Crippen LogP contribution in [0.4, 0.5) is 4.79 Å². The fourth-order valence-electron chi connectivity index (χ4n) is 3.97. The van der Waals surface area contributed by atoms with E-state index in [1.807, 2.05) is 95.3 Å². The van der Waals surface area contributed by atoms with Gasteiger partial charge in [0.05, 0.1) is 18.7 Å². The van der Waals surface area contributed by atoms with Gasteiger partial charge in [-0.1, -0.05) is 60.7 Å². The van der Waals surface area contributed by atoms with E-state index in [1.165, 1.54) is 5.06 Å². The van der Waals surface area contributed by atoms with Crippen molar-refractivity contribution in [3.05, 3.63) is 71.8 Å². The highest BCUT2D eigenvalue weighted by molar-refractivity contribution is 5.70. The Balaban J connectivity index is 1.91. The lowest BCUT2D eigenvalue weighted by Crippen LogP contribution is -2.57. The predicted molar refractivity (Wildman–Crippen MR) is 120 cm³/mol. The minimum Gasteiger partial charge on any atom is -0.444 e. The normalized spacial score (nSPS) is 19.5. The molecular weight excluding hydrogens is 392 g/mol. The first-order valence-electron chi connectivity index (χ1n) is 10.8. The van der Waals surface area contributed by atoms with E-state index in [0.29, 0.717) is 19.6 Å². The third-order valence-corrected chi connectivity index (χ3v) is 5.41. The zero-order chi connectivity index (χ0) is 22.6. The summed E-state index contributed by atoms with van der Waals surface area (Å²) < 4.78 is 11.7. The van der Waals surface area contributed by atoms with Crippen LogP contribution in [0, 0.1) is 0 Å². The minimum atomic E-state index is -0.838. The molecule has 168 valence electrons. The van der Waals surface area contributed by atoms with Gasteiger partial charge < -0.3 is 14.7 Å². The Labute approximate surface area is 185 Å². The van der Waals surface area contributed by atoms with Crippen molar-refractivity contribution >= 4 is 6.09 Å². The SMILES string of the molecule is CC(C)(C)OC(=O)N1[C@H]([C@H](Cc2ccccc2)N(O)Cc2ccccc2)COC1(C)C. The van der Waals surface area contributed by atoms with E-state index in [2.05, 4.69) is 0 Å². The molecule has 1 aliphatic rings. The lowest BCUT2D eigenvalue weighted by atomic mass is 9.97. The first-order valence-corrected chi connectivity index (χ1v) is 10.8. The van der Waals surface area contributed by atoms with Crippen molar-refractivity contribution in [2.45, 2.75) is 71.0 Å². The molecule has 0 aliphatic carbocycles. The van der Waals surface area contributed by atoms with E-state index in [4.69, 9.17) is 9.47 Å². The number of hydroxylamine groups is 2. The molecule has 0 aromatic heterocycles. The number of nitrogens with zero attached hydrogens (tertiary/aromatic N) is 2. The second kappa shape index (κ2) is 9.39. The third kappa shape index (κ3) is 6.06. The van der Waals surface area contributed by atoms with Crippen LogP contribution in [0.15, 0.2) is 60.7 Å². The van der Waals surface area contributed by atoms with Gasteiger partial charge in [0.25, 0.3) is 0 Å². The quantitative estimate of drug-likeness (QED) is 0.669. The summed E-state index contributed by atoms with van der Waals surface area (Å²) in [5, 5.41) is 12.5. The highest BCUT2D eigenvalue weighted by Crippen LogP contribution is 2.33. The Morgan fingerprint density at radius 1 is 1.13 bits per heavy atom. The maximum absolute atomic E-state index is 13.1. The van der Waals surface area contributed by atoms with Gasteiger partial charge in [-0.3, -0.25) is 4.90 Å². The Bertz CT molecular complexity index is 849. The van der Waals surface area contributed by atoms with Crippen LogP contribution >= 0.6 is 0 Å². The number of amides is 1. The lowest BCUT2D eigenvalue weighted by Gasteiger charge is -2.39. The monoisotopic (exact) mass is 426 g/mol. The molecule has 1 amide bonds. The number of hydrogen-bond acceptors (Lipinski definition) is 5. The molecule has 2 aromatic rings. The molecule has 31 heavy (non-hydrogen) atoms. The molecule has 1 saturated heterocycles. The molecule has 1 heterocycles. The highest BCUT2D eigenvalue weighted by Gasteiger charge is 2.49. The number of carbonyl (C=O) groups excluding carboxylic acids is 1. The van der Waals surface area contributed by atoms with Gasteiger partial charge in [-0.05, 0) is 52.2 Å². The average Bonchev–Trinajstić information content (AvgIpc) is 3.01. The number of hydrogen-bond donors (Lipinski definition) is 1. The molecule has 1 N–H and O–H groups in total. The molecule has 6 heteroatoms. The summed E-state index contributed by atoms with van der Waals surface area (Å²) in [6.45, 7) is 9.91. The molecule has 3 rings (SSSR count). The Kier molecular flexibility index (Phi) is 7.04. The van der Waals surface area contributed by atoms with E-state index < -0.39 is 17.4 Å². The van der Waals surface area contributed by atoms with E-state index >= 15 is 0 Å². The van der Waals surface area contributed by atoms with Crippen molar-refractivity contribution in [2.75, 3.05) is 6.61 Å². The second-order valence-corrected chi connectivity index (χ2v) is 9.52. The van der Waals surface area contributed by atoms with Crippen molar-refractivity contribution in [1.29, 1.82) is 0 Å². The molecule has 0 unspecified atom stereocenters. The van der Waals surface area contributed by atoms with Crippen LogP contribution in [0.1, 0.15) is 45.7 Å². The predicted octanol–water partition coefficient (Wildman–Crippen LogP) is 4.86. The van der Waals surface area contributed by atoms with Crippen LogP contribution in [-0.2, 0) is 22.4 Å². The van der Waals surface area contributed by atoms with E-state index in [0.717, 1.165) is 11.1 Å². The first kappa shape index (κ1) is 23.3. The van der Waals surface area contributed by atoms with Crippen LogP contribution in [0.25, 0.3) is 0 Å². The summed E-state index contributed by atoms with van der Waals surface area (Å²) in [4.78, 5) is 14.8. The molecule has 0 radical (unpaired) electrons. The van der Waals surface area contributed by atoms with Crippen LogP contribution in [-0.4, -0.2) is 51.3 Å². The smallest absolute Gasteiger partial charge is 0.412 e. The van der Waals surface area contributed by atoms with Crippen molar-refractivity contribution in [1.82, 2.24) is 9.96 Å². The second-order valence-electron chi connectivity index (χ2n) is 9.52. The van der Waals surface area contributed by atoms with Crippen LogP contribution in [0.5, 0.6) is 0 Å². The van der Waals surface area contributed by atoms with Crippen molar-refractivity contribution in [2.24, 2.45) is 0 Å². The van der Waals surface area contributed by atoms with Crippen LogP contribution in [0.2, 0.25) is 0 Å². The summed E-state index contributed by atoms with van der Waals surface area (Å²) >= 11 is 0. The molecule has 1 aliphatic heterocycles. The van der Waals surface area contributed by atoms with Crippen LogP contribution < -0.4 is 0 Å². The number of benzene rings is 2. The average molecular weight is 427 g/mol. The molecular formula is C25H34N2O4. The lowest BCUT2D eigenvalue weighted by molar-refractivity contribution is -0.152. The summed E-state index contributed by atoms with van der Waals surface area (Å²) in [7, 11) is 0. The first-order chi connectivity index (χ1) is 14.6. The van der Waals surface area contributed by atoms with Gasteiger partial charge in [-0.25, -0.2) is 4.79 Å². The maximum atomic E-state index is 13.1. The standard InChI is InChI=1S/C25H34N2O4/c1-24(2,3)31-23(28)27-22(18-30-25(27,4)5)21(16-19-12-8-6-9-13-19)26(29)17-20-14-10-7-11-15-20/h6-15,21-22,29H,16-18H2,1-5H3/t21-,22-/m0/s1. The fraction of sp³-hybridized carbons (Fsp3) is 0.480. The molecule has 0 bridgehead atoms. The zero-order valence-corrected chi connectivity index (χ0v) is 19.1. The summed E-state index contributed by atoms with van der Waals surface area (Å²) in [5.74, 6) is 0. The molecule has 1 fully saturated rings. The van der Waals surface area contributed by atoms with Crippen molar-refractivity contribution in [3.8, 4) is 0 Å². The van der Waals surface area contributed by atoms with Crippen molar-refractivity contribution in [3.63, 3.8) is 0 Å². The van der Waals surface area contributed by atoms with E-state index in [9.17, 15) is 10.0 Å². The Morgan fingerprint density at radius 2 is 1.68 bits per heavy atom. The molecule has 2 atom stereocenters. The Morgan fingerprint density at radius 3 is 2.23 bits per heavy atom. The van der Waals surface area contributed by atoms with Gasteiger partial charge in [-0.15, -0.1) is 0 Å². The van der Waals surface area contributed by atoms with Crippen LogP contribution in [0.3, 0.4) is 0 Å². The fourth-order valence-corrected chi connectivity index (χ4v) is 3.97. The number of ether oxygens (including phenoxy) is 2. The van der Waals surface area contributed by atoms with Gasteiger partial charge in [0.1, 0.15) is 11.3 Å². The van der Waals surface area contributed by atoms with E-state index in [-0.39, 0.29) is 12.1 Å². The third-order valence-electron chi connectivity index (χ3n) is 5.41. The van der Waals surface area contributed by atoms with Gasteiger partial charge in [-0.2, -0.15) is 5.06 Å². The summed E-state index contributed by atoms with van der Waals surface area (Å²) in [6.07, 6.45) is 0.124. The molecule has 0 saturated carbocycles. The summed E-state index contributed by atoms with van der Waals surface area (Å²) in [5.41, 5.74) is 0.603. The number of rotatable bonds is 6. The van der Waals surface area contributed by atoms with Gasteiger partial charge in [0, 0.05) is 6.54 Å². The maximum Gasteiger partial charge on any atom is 0.412 e. The van der Waals surface area contributed by atoms with Gasteiger partial charge in [0.2, 0.25) is 0 Å². The van der Waals surface area contributed by atoms with Crippen molar-refractivity contribution < 1.29 is 19.5 Å². The minimum absolute atomic E-state index is 0.315. The largest absolute Gasteiger partial charge is 0.444 e. The topological polar surface area (TPSA) is 62.2 Å². The molecule has 0 spiro atoms. The van der Waals surface area contributed by atoms with Gasteiger partial charge in [0.15, 0.2) is 0 Å². The Hall–Kier alpha value is -2.41. The zero-order valence-electron chi connectivity index (χ0n) is 19.1. The van der Waals surface area contributed by atoms with E-state index in [1.54, 1.807) is 4.90 Å².